The third kappa shape index (κ3) is 3.56. The Kier molecular flexibility index (Phi) is 4.75. The zero-order valence-corrected chi connectivity index (χ0v) is 12.5. The van der Waals surface area contributed by atoms with Gasteiger partial charge in [-0.15, -0.1) is 11.8 Å². The fourth-order valence-corrected chi connectivity index (χ4v) is 3.02. The number of nitrogens with two attached hydrogens (primary N) is 1. The van der Waals surface area contributed by atoms with Gasteiger partial charge in [0.15, 0.2) is 0 Å². The highest BCUT2D eigenvalue weighted by Crippen LogP contribution is 2.33. The summed E-state index contributed by atoms with van der Waals surface area (Å²) in [6, 6.07) is 9.96. The highest BCUT2D eigenvalue weighted by atomic mass is 35.5. The summed E-state index contributed by atoms with van der Waals surface area (Å²) < 4.78 is 0. The van der Waals surface area contributed by atoms with Crippen molar-refractivity contribution in [1.29, 1.82) is 0 Å². The van der Waals surface area contributed by atoms with E-state index in [1.54, 1.807) is 24.3 Å². The van der Waals surface area contributed by atoms with Gasteiger partial charge < -0.3 is 5.73 Å². The molecule has 0 atom stereocenters. The van der Waals surface area contributed by atoms with Crippen LogP contribution in [0.25, 0.3) is 0 Å². The van der Waals surface area contributed by atoms with Crippen molar-refractivity contribution in [2.24, 2.45) is 0 Å². The highest BCUT2D eigenvalue weighted by molar-refractivity contribution is 7.98. The van der Waals surface area contributed by atoms with Crippen molar-refractivity contribution in [3.63, 3.8) is 0 Å². The van der Waals surface area contributed by atoms with E-state index in [1.807, 2.05) is 0 Å². The van der Waals surface area contributed by atoms with Crippen LogP contribution in [0.4, 0.5) is 11.4 Å². The van der Waals surface area contributed by atoms with Gasteiger partial charge in [0.2, 0.25) is 0 Å². The molecule has 0 unspecified atom stereocenters. The lowest BCUT2D eigenvalue weighted by Gasteiger charge is -2.06. The molecule has 0 fully saturated rings. The number of nitrogens with zero attached hydrogens (tertiary/aromatic N) is 1. The van der Waals surface area contributed by atoms with Gasteiger partial charge in [-0.25, -0.2) is 0 Å². The van der Waals surface area contributed by atoms with Crippen LogP contribution < -0.4 is 5.73 Å². The molecule has 0 saturated heterocycles. The molecule has 2 aromatic carbocycles. The lowest BCUT2D eigenvalue weighted by Crippen LogP contribution is -1.96. The van der Waals surface area contributed by atoms with Crippen molar-refractivity contribution < 1.29 is 4.92 Å². The number of hydrogen-bond acceptors (Lipinski definition) is 4. The minimum absolute atomic E-state index is 0.0831. The van der Waals surface area contributed by atoms with Gasteiger partial charge in [-0.2, -0.15) is 0 Å². The van der Waals surface area contributed by atoms with Gasteiger partial charge in [0.25, 0.3) is 5.69 Å². The van der Waals surface area contributed by atoms with Gasteiger partial charge in [0, 0.05) is 21.7 Å². The molecule has 104 valence electrons. The summed E-state index contributed by atoms with van der Waals surface area (Å²) in [4.78, 5) is 11.2. The standard InChI is InChI=1S/C13H10Cl2N2O2S/c14-9-2-3-10(15)13(6-9)20-7-8-1-4-11(16)12(5-8)17(18)19/h1-6H,7,16H2. The number of hydrogen-bond donors (Lipinski definition) is 1. The Morgan fingerprint density at radius 3 is 2.65 bits per heavy atom. The average molecular weight is 329 g/mol. The molecular weight excluding hydrogens is 319 g/mol. The molecule has 0 aromatic heterocycles. The summed E-state index contributed by atoms with van der Waals surface area (Å²) in [6.45, 7) is 0. The Balaban J connectivity index is 2.17. The van der Waals surface area contributed by atoms with Crippen LogP contribution in [-0.2, 0) is 5.75 Å². The largest absolute Gasteiger partial charge is 0.393 e. The van der Waals surface area contributed by atoms with Gasteiger partial charge >= 0.3 is 0 Å². The first-order valence-electron chi connectivity index (χ1n) is 5.58. The summed E-state index contributed by atoms with van der Waals surface area (Å²) in [7, 11) is 0. The van der Waals surface area contributed by atoms with E-state index < -0.39 is 4.92 Å². The topological polar surface area (TPSA) is 69.2 Å². The third-order valence-electron chi connectivity index (χ3n) is 2.58. The molecule has 0 aliphatic heterocycles. The number of thioether (sulfide) groups is 1. The zero-order chi connectivity index (χ0) is 14.7. The van der Waals surface area contributed by atoms with Crippen LogP contribution in [0.5, 0.6) is 0 Å². The molecule has 4 nitrogen and oxygen atoms in total. The summed E-state index contributed by atoms with van der Waals surface area (Å²) in [6.07, 6.45) is 0. The van der Waals surface area contributed by atoms with E-state index >= 15 is 0 Å². The van der Waals surface area contributed by atoms with Crippen molar-refractivity contribution in [2.75, 3.05) is 5.73 Å². The fraction of sp³-hybridized carbons (Fsp3) is 0.0769. The Morgan fingerprint density at radius 1 is 1.20 bits per heavy atom. The molecule has 7 heteroatoms. The second kappa shape index (κ2) is 6.35. The Hall–Kier alpha value is -1.43. The van der Waals surface area contributed by atoms with Crippen molar-refractivity contribution in [3.05, 3.63) is 62.1 Å². The van der Waals surface area contributed by atoms with E-state index in [1.165, 1.54) is 23.9 Å². The molecule has 0 saturated carbocycles. The second-order valence-electron chi connectivity index (χ2n) is 4.01. The molecule has 2 aromatic rings. The smallest absolute Gasteiger partial charge is 0.292 e. The lowest BCUT2D eigenvalue weighted by molar-refractivity contribution is -0.383. The molecule has 2 rings (SSSR count). The number of nitro groups is 1. The Bertz CT molecular complexity index is 665. The average Bonchev–Trinajstić information content (AvgIpc) is 2.41. The molecule has 0 aliphatic carbocycles. The summed E-state index contributed by atoms with van der Waals surface area (Å²) in [5.41, 5.74) is 6.43. The minimum Gasteiger partial charge on any atom is -0.393 e. The van der Waals surface area contributed by atoms with Crippen molar-refractivity contribution in [1.82, 2.24) is 0 Å². The lowest BCUT2D eigenvalue weighted by atomic mass is 10.2. The van der Waals surface area contributed by atoms with Gasteiger partial charge in [-0.3, -0.25) is 10.1 Å². The molecule has 0 heterocycles. The maximum absolute atomic E-state index is 10.8. The second-order valence-corrected chi connectivity index (χ2v) is 5.87. The summed E-state index contributed by atoms with van der Waals surface area (Å²) >= 11 is 13.4. The van der Waals surface area contributed by atoms with Gasteiger partial charge in [0.1, 0.15) is 5.69 Å². The number of nitrogen functional groups attached to an aromatic ring is 1. The summed E-state index contributed by atoms with van der Waals surface area (Å²) in [5, 5.41) is 12.0. The first-order valence-corrected chi connectivity index (χ1v) is 7.32. The van der Waals surface area contributed by atoms with Gasteiger partial charge in [0.05, 0.1) is 9.95 Å². The van der Waals surface area contributed by atoms with Crippen LogP contribution in [0.1, 0.15) is 5.56 Å². The number of nitro benzene ring substituents is 1. The van der Waals surface area contributed by atoms with Crippen LogP contribution in [0.15, 0.2) is 41.3 Å². The normalized spacial score (nSPS) is 10.5. The number of rotatable bonds is 4. The van der Waals surface area contributed by atoms with E-state index in [-0.39, 0.29) is 11.4 Å². The molecule has 0 radical (unpaired) electrons. The molecule has 0 bridgehead atoms. The van der Waals surface area contributed by atoms with Crippen LogP contribution >= 0.6 is 35.0 Å². The molecule has 0 spiro atoms. The van der Waals surface area contributed by atoms with Crippen LogP contribution in [0.3, 0.4) is 0 Å². The zero-order valence-electron chi connectivity index (χ0n) is 10.2. The van der Waals surface area contributed by atoms with E-state index in [2.05, 4.69) is 0 Å². The van der Waals surface area contributed by atoms with Crippen molar-refractivity contribution in [2.45, 2.75) is 10.6 Å². The monoisotopic (exact) mass is 328 g/mol. The predicted octanol–water partition coefficient (Wildman–Crippen LogP) is 4.78. The molecule has 0 amide bonds. The van der Waals surface area contributed by atoms with E-state index in [0.717, 1.165) is 10.5 Å². The molecule has 0 aliphatic rings. The first kappa shape index (κ1) is 15.0. The first-order chi connectivity index (χ1) is 9.47. The maximum Gasteiger partial charge on any atom is 0.292 e. The summed E-state index contributed by atoms with van der Waals surface area (Å²) in [5.74, 6) is 0.543. The quantitative estimate of drug-likeness (QED) is 0.379. The SMILES string of the molecule is Nc1ccc(CSc2cc(Cl)ccc2Cl)cc1[N+](=O)[O-]. The third-order valence-corrected chi connectivity index (χ3v) is 4.38. The predicted molar refractivity (Wildman–Crippen MR) is 83.5 cm³/mol. The van der Waals surface area contributed by atoms with Crippen LogP contribution in [-0.4, -0.2) is 4.92 Å². The van der Waals surface area contributed by atoms with Crippen LogP contribution in [0, 0.1) is 10.1 Å². The van der Waals surface area contributed by atoms with Gasteiger partial charge in [-0.1, -0.05) is 29.3 Å². The van der Waals surface area contributed by atoms with Gasteiger partial charge in [-0.05, 0) is 29.8 Å². The highest BCUT2D eigenvalue weighted by Gasteiger charge is 2.12. The van der Waals surface area contributed by atoms with Crippen LogP contribution in [0.2, 0.25) is 10.0 Å². The molecule has 2 N–H and O–H groups in total. The Labute approximate surface area is 130 Å². The van der Waals surface area contributed by atoms with Crippen molar-refractivity contribution in [3.8, 4) is 0 Å². The van der Waals surface area contributed by atoms with E-state index in [4.69, 9.17) is 28.9 Å². The number of halogens is 2. The van der Waals surface area contributed by atoms with E-state index in [9.17, 15) is 10.1 Å². The number of anilines is 1. The fourth-order valence-electron chi connectivity index (χ4n) is 1.59. The Morgan fingerprint density at radius 2 is 1.95 bits per heavy atom. The molecular formula is C13H10Cl2N2O2S. The van der Waals surface area contributed by atoms with Crippen molar-refractivity contribution >= 4 is 46.3 Å². The molecule has 20 heavy (non-hydrogen) atoms. The minimum atomic E-state index is -0.490. The number of benzene rings is 2. The van der Waals surface area contributed by atoms with E-state index in [0.29, 0.717) is 15.8 Å². The maximum atomic E-state index is 10.8.